The van der Waals surface area contributed by atoms with Crippen LogP contribution >= 0.6 is 0 Å². The zero-order valence-electron chi connectivity index (χ0n) is 76.8. The average Bonchev–Trinajstić information content (AvgIpc) is 1.59. The van der Waals surface area contributed by atoms with Crippen molar-refractivity contribution in [3.63, 3.8) is 0 Å². The summed E-state index contributed by atoms with van der Waals surface area (Å²) >= 11 is 0. The van der Waals surface area contributed by atoms with Crippen molar-refractivity contribution in [3.05, 3.63) is 86.6 Å². The highest BCUT2D eigenvalue weighted by molar-refractivity contribution is 5.89. The van der Waals surface area contributed by atoms with E-state index in [9.17, 15) is 33.6 Å². The van der Waals surface area contributed by atoms with Gasteiger partial charge in [-0.1, -0.05) is 86.6 Å². The normalized spacial score (nSPS) is 34.8. The van der Waals surface area contributed by atoms with Crippen molar-refractivity contribution in [1.29, 1.82) is 0 Å². The van der Waals surface area contributed by atoms with E-state index in [0.29, 0.717) is 131 Å². The smallest absolute Gasteiger partial charge is 0.333 e. The molecule has 14 heterocycles. The summed E-state index contributed by atoms with van der Waals surface area (Å²) in [5, 5.41) is 0. The first-order valence-electron chi connectivity index (χ1n) is 48.4. The third-order valence-corrected chi connectivity index (χ3v) is 32.4. The van der Waals surface area contributed by atoms with Crippen LogP contribution in [0.3, 0.4) is 0 Å². The van der Waals surface area contributed by atoms with Gasteiger partial charge in [0.1, 0.15) is 39.2 Å². The van der Waals surface area contributed by atoms with E-state index in [1.165, 1.54) is 69.6 Å². The number of ether oxygens (including phenoxy) is 14. The minimum atomic E-state index is -0.449. The lowest BCUT2D eigenvalue weighted by molar-refractivity contribution is -0.170. The van der Waals surface area contributed by atoms with Crippen LogP contribution in [0.1, 0.15) is 345 Å². The van der Waals surface area contributed by atoms with E-state index in [1.54, 1.807) is 27.7 Å². The van der Waals surface area contributed by atoms with Crippen molar-refractivity contribution in [3.8, 4) is 0 Å². The maximum absolute atomic E-state index is 12.0. The number of rotatable bonds is 25. The predicted octanol–water partition coefficient (Wildman–Crippen LogP) is 20.5. The molecule has 21 atom stereocenters. The largest absolute Gasteiger partial charge is 0.456 e. The van der Waals surface area contributed by atoms with Crippen molar-refractivity contribution in [2.45, 2.75) is 470 Å². The van der Waals surface area contributed by atoms with Gasteiger partial charge in [-0.3, -0.25) is 0 Å². The topological polar surface area (TPSA) is 249 Å². The maximum Gasteiger partial charge on any atom is 0.333 e. The molecule has 18 aliphatic rings. The molecule has 14 aliphatic heterocycles. The maximum atomic E-state index is 12.0. The van der Waals surface area contributed by atoms with Gasteiger partial charge in [0.25, 0.3) is 0 Å². The summed E-state index contributed by atoms with van der Waals surface area (Å²) in [5.41, 5.74) is -0.253. The van der Waals surface area contributed by atoms with Crippen LogP contribution in [0.4, 0.5) is 0 Å². The van der Waals surface area contributed by atoms with E-state index in [-0.39, 0.29) is 93.7 Å². The highest BCUT2D eigenvalue weighted by Gasteiger charge is 2.61. The van der Waals surface area contributed by atoms with Gasteiger partial charge in [0.15, 0.2) is 0 Å². The van der Waals surface area contributed by atoms with Crippen LogP contribution in [0.5, 0.6) is 0 Å². The van der Waals surface area contributed by atoms with Gasteiger partial charge in [-0.2, -0.15) is 0 Å². The second-order valence-electron chi connectivity index (χ2n) is 40.5. The molecule has 0 radical (unpaired) electrons. The van der Waals surface area contributed by atoms with Crippen molar-refractivity contribution in [1.82, 2.24) is 0 Å². The second-order valence-corrected chi connectivity index (χ2v) is 40.5. The van der Waals surface area contributed by atoms with Gasteiger partial charge in [0.05, 0.1) is 85.5 Å². The highest BCUT2D eigenvalue weighted by atomic mass is 16.6. The van der Waals surface area contributed by atoms with Gasteiger partial charge in [-0.25, -0.2) is 33.6 Å². The van der Waals surface area contributed by atoms with Gasteiger partial charge in [0.2, 0.25) is 0 Å². The van der Waals surface area contributed by atoms with E-state index >= 15 is 0 Å². The third kappa shape index (κ3) is 22.0. The molecule has 18 rings (SSSR count). The van der Waals surface area contributed by atoms with Crippen LogP contribution in [0.15, 0.2) is 86.6 Å². The molecule has 4 saturated carbocycles. The van der Waals surface area contributed by atoms with E-state index in [4.69, 9.17) is 66.3 Å². The number of hydrogen-bond donors (Lipinski definition) is 0. The van der Waals surface area contributed by atoms with Crippen LogP contribution in [0.2, 0.25) is 0 Å². The first-order chi connectivity index (χ1) is 58.7. The fraction of sp³-hybridized carbons (Fsp3) is 0.794. The van der Waals surface area contributed by atoms with Crippen molar-refractivity contribution in [2.75, 3.05) is 0 Å². The molecule has 14 bridgehead atoms. The Balaban J connectivity index is 0.000000131. The summed E-state index contributed by atoms with van der Waals surface area (Å²) < 4.78 is 81.9. The van der Waals surface area contributed by atoms with Crippen LogP contribution in [-0.2, 0) is 99.9 Å². The summed E-state index contributed by atoms with van der Waals surface area (Å²) in [6, 6.07) is 0. The molecule has 123 heavy (non-hydrogen) atoms. The molecule has 0 amide bonds. The molecule has 4 aliphatic carbocycles. The van der Waals surface area contributed by atoms with Crippen molar-refractivity contribution < 1.29 is 99.9 Å². The monoisotopic (exact) mass is 1720 g/mol. The zero-order chi connectivity index (χ0) is 88.4. The van der Waals surface area contributed by atoms with Gasteiger partial charge >= 0.3 is 41.8 Å². The van der Waals surface area contributed by atoms with Crippen LogP contribution in [0, 0.1) is 41.4 Å². The summed E-state index contributed by atoms with van der Waals surface area (Å²) in [7, 11) is 0. The Hall–Kier alpha value is -5.81. The van der Waals surface area contributed by atoms with Crippen LogP contribution in [0.25, 0.3) is 0 Å². The molecule has 0 spiro atoms. The molecule has 0 aromatic carbocycles. The first kappa shape index (κ1) is 96.3. The second kappa shape index (κ2) is 41.7. The average molecular weight is 1720 g/mol. The lowest BCUT2D eigenvalue weighted by Gasteiger charge is -2.43. The van der Waals surface area contributed by atoms with Gasteiger partial charge in [-0.05, 0) is 305 Å². The van der Waals surface area contributed by atoms with Gasteiger partial charge in [-0.15, -0.1) is 0 Å². The van der Waals surface area contributed by atoms with E-state index in [0.717, 1.165) is 225 Å². The van der Waals surface area contributed by atoms with Crippen molar-refractivity contribution >= 4 is 41.8 Å². The third-order valence-electron chi connectivity index (χ3n) is 32.4. The fourth-order valence-electron chi connectivity index (χ4n) is 25.9. The Bertz CT molecular complexity index is 3620. The Labute approximate surface area is 735 Å². The van der Waals surface area contributed by atoms with Crippen LogP contribution < -0.4 is 0 Å². The number of esters is 7. The number of hydrogen-bond acceptors (Lipinski definition) is 21. The van der Waals surface area contributed by atoms with E-state index in [1.807, 2.05) is 13.8 Å². The summed E-state index contributed by atoms with van der Waals surface area (Å²) in [6.45, 7) is 44.4. The fourth-order valence-corrected chi connectivity index (χ4v) is 25.9. The molecule has 21 unspecified atom stereocenters. The Morgan fingerprint density at radius 2 is 0.537 bits per heavy atom. The molecular weight excluding hydrogens is 1560 g/mol. The molecule has 14 saturated heterocycles. The zero-order valence-corrected chi connectivity index (χ0v) is 76.8. The minimum absolute atomic E-state index is 0.218. The Morgan fingerprint density at radius 1 is 0.301 bits per heavy atom. The Kier molecular flexibility index (Phi) is 32.7. The number of carbonyl (C=O) groups excluding carboxylic acids is 7. The number of fused-ring (bicyclic) bond motifs is 14. The predicted molar refractivity (Wildman–Crippen MR) is 469 cm³/mol. The standard InChI is InChI=1S/C16H24O3.2C15H22O3.C15H24O3.C14H20O3.C14H22O3.C13H20O3/c1-11(2)15(17)19-16(8-4-3-5-9-16)13-10-12-6-7-14(13)18-12;1-10(2)14(16)18-15(7-3-4-8-15)12-9-11-5-6-13(12)17-11;1-2-14(16)18-15(8-4-3-5-9-15)12-10-11-6-7-13(12)17-11;1-5-15(6-2,18-14(16)10(3)4)12-9-11-7-8-13(12)17-11;1-2-13(15)17-14(7-3-4-8-14)11-9-10-5-6-12(11)16-10;1-4-13(15)17-14(5-2,6-3)11-9-10-7-8-12(11)16-10;1-8(2)12(14)16-13(3,4)10-7-9-5-6-11(10)15-9/h12-14H,1,3-10H2,2H3;11-13H,1,3-9H2,2H3;2,11-13H,1,3-10H2;11-13H,3,5-9H2,1-2,4H3;2,10-12H,1,3-9H2;4,10-12H,1,5-9H2,2-3H3;9-11H,1,5-7H2,2-4H3. The number of carbonyl (C=O) groups is 7. The quantitative estimate of drug-likeness (QED) is 0.0468. The molecule has 21 nitrogen and oxygen atoms in total. The molecule has 688 valence electrons. The lowest BCUT2D eigenvalue weighted by Crippen LogP contribution is -2.48. The van der Waals surface area contributed by atoms with Crippen LogP contribution in [-0.4, -0.2) is 166 Å². The molecule has 0 aromatic heterocycles. The summed E-state index contributed by atoms with van der Waals surface area (Å²) in [5.74, 6) is 0.874. The molecule has 21 heteroatoms. The first-order valence-corrected chi connectivity index (χ1v) is 48.4. The van der Waals surface area contributed by atoms with Crippen molar-refractivity contribution in [2.24, 2.45) is 41.4 Å². The van der Waals surface area contributed by atoms with Gasteiger partial charge < -0.3 is 66.3 Å². The summed E-state index contributed by atoms with van der Waals surface area (Å²) in [4.78, 5) is 82.1. The molecule has 0 aromatic rings. The van der Waals surface area contributed by atoms with E-state index < -0.39 is 5.60 Å². The highest BCUT2D eigenvalue weighted by Crippen LogP contribution is 2.57. The SMILES string of the molecule is C=C(C)C(=O)OC(C)(C)C1CC2CCC1O2.C=C(C)C(=O)OC(CC)(CC)C1CC2CCC1O2.C=C(C)C(=O)OC1(C2CC3CCC2O3)CCCC1.C=C(C)C(=O)OC1(C2CC3CCC2O3)CCCCC1.C=CC(=O)OC(CC)(CC)C1CC2CCC1O2.C=CC(=O)OC1(C2CC3CCC2O3)CCCC1.C=CC(=O)OC1(C2CC3CCC2O3)CCCCC1. The Morgan fingerprint density at radius 3 is 0.764 bits per heavy atom. The molecule has 18 fully saturated rings. The molecule has 0 N–H and O–H groups in total. The molecular formula is C102H154O21. The minimum Gasteiger partial charge on any atom is -0.456 e. The lowest BCUT2D eigenvalue weighted by atomic mass is 9.69. The summed E-state index contributed by atoms with van der Waals surface area (Å²) in [6.07, 6.45) is 55.6. The van der Waals surface area contributed by atoms with E-state index in [2.05, 4.69) is 73.7 Å². The van der Waals surface area contributed by atoms with Gasteiger partial charge in [0, 0.05) is 81.9 Å².